The van der Waals surface area contributed by atoms with Crippen molar-refractivity contribution < 1.29 is 0 Å². The molecule has 1 atom stereocenters. The largest absolute Gasteiger partial charge is 0.397 e. The minimum absolute atomic E-state index is 0.105. The van der Waals surface area contributed by atoms with Gasteiger partial charge in [-0.25, -0.2) is 4.98 Å². The first-order valence-corrected chi connectivity index (χ1v) is 5.58. The highest BCUT2D eigenvalue weighted by atomic mass is 15.3. The van der Waals surface area contributed by atoms with Crippen LogP contribution in [0.4, 0.5) is 11.5 Å². The Balaban J connectivity index is 2.07. The Kier molecular flexibility index (Phi) is 3.44. The van der Waals surface area contributed by atoms with Gasteiger partial charge in [-0.1, -0.05) is 0 Å². The Bertz CT molecular complexity index is 554. The minimum atomic E-state index is 0.105. The predicted molar refractivity (Wildman–Crippen MR) is 68.7 cm³/mol. The van der Waals surface area contributed by atoms with Gasteiger partial charge in [-0.2, -0.15) is 10.4 Å². The number of anilines is 2. The molecule has 18 heavy (non-hydrogen) atoms. The average molecular weight is 242 g/mol. The van der Waals surface area contributed by atoms with Crippen LogP contribution in [0.1, 0.15) is 12.5 Å². The van der Waals surface area contributed by atoms with Gasteiger partial charge in [0.15, 0.2) is 0 Å². The average Bonchev–Trinajstić information content (AvgIpc) is 2.84. The molecule has 0 aromatic carbocycles. The molecule has 0 spiro atoms. The summed E-state index contributed by atoms with van der Waals surface area (Å²) in [5.41, 5.74) is 6.52. The van der Waals surface area contributed by atoms with Crippen LogP contribution >= 0.6 is 0 Å². The standard InChI is InChI=1S/C12H14N6/c1-9(8-18-4-2-3-16-18)17-12-10(6-13)5-11(14)7-15-12/h2-5,7,9H,8,14H2,1H3,(H,15,17). The maximum Gasteiger partial charge on any atom is 0.144 e. The van der Waals surface area contributed by atoms with E-state index in [-0.39, 0.29) is 6.04 Å². The van der Waals surface area contributed by atoms with Crippen molar-refractivity contribution in [2.45, 2.75) is 19.5 Å². The monoisotopic (exact) mass is 242 g/mol. The highest BCUT2D eigenvalue weighted by Crippen LogP contribution is 2.15. The van der Waals surface area contributed by atoms with Crippen LogP contribution in [0.3, 0.4) is 0 Å². The number of nitrogens with zero attached hydrogens (tertiary/aromatic N) is 4. The predicted octanol–water partition coefficient (Wildman–Crippen LogP) is 1.23. The molecular weight excluding hydrogens is 228 g/mol. The fourth-order valence-corrected chi connectivity index (χ4v) is 1.65. The first kappa shape index (κ1) is 11.9. The van der Waals surface area contributed by atoms with Gasteiger partial charge >= 0.3 is 0 Å². The van der Waals surface area contributed by atoms with E-state index < -0.39 is 0 Å². The van der Waals surface area contributed by atoms with Crippen molar-refractivity contribution in [3.63, 3.8) is 0 Å². The first-order valence-electron chi connectivity index (χ1n) is 5.58. The fourth-order valence-electron chi connectivity index (χ4n) is 1.65. The Morgan fingerprint density at radius 3 is 3.11 bits per heavy atom. The second-order valence-electron chi connectivity index (χ2n) is 4.05. The molecule has 0 radical (unpaired) electrons. The molecule has 1 unspecified atom stereocenters. The summed E-state index contributed by atoms with van der Waals surface area (Å²) in [6.45, 7) is 2.70. The van der Waals surface area contributed by atoms with E-state index in [0.717, 1.165) is 0 Å². The van der Waals surface area contributed by atoms with Crippen LogP contribution in [0.25, 0.3) is 0 Å². The zero-order chi connectivity index (χ0) is 13.0. The second kappa shape index (κ2) is 5.19. The summed E-state index contributed by atoms with van der Waals surface area (Å²) < 4.78 is 1.82. The molecule has 0 saturated carbocycles. The van der Waals surface area contributed by atoms with Crippen LogP contribution in [-0.4, -0.2) is 20.8 Å². The third-order valence-electron chi connectivity index (χ3n) is 2.43. The minimum Gasteiger partial charge on any atom is -0.397 e. The normalized spacial score (nSPS) is 11.8. The lowest BCUT2D eigenvalue weighted by Crippen LogP contribution is -2.23. The van der Waals surface area contributed by atoms with Crippen molar-refractivity contribution in [1.29, 1.82) is 5.26 Å². The number of nitrogens with one attached hydrogen (secondary N) is 1. The molecule has 2 heterocycles. The molecule has 92 valence electrons. The second-order valence-corrected chi connectivity index (χ2v) is 4.05. The summed E-state index contributed by atoms with van der Waals surface area (Å²) in [5.74, 6) is 0.548. The van der Waals surface area contributed by atoms with Crippen molar-refractivity contribution in [2.75, 3.05) is 11.1 Å². The molecule has 2 aromatic heterocycles. The summed E-state index contributed by atoms with van der Waals surface area (Å²) in [6.07, 6.45) is 5.15. The van der Waals surface area contributed by atoms with Crippen LogP contribution in [0, 0.1) is 11.3 Å². The van der Waals surface area contributed by atoms with E-state index in [9.17, 15) is 0 Å². The van der Waals surface area contributed by atoms with Crippen molar-refractivity contribution >= 4 is 11.5 Å². The Labute approximate surface area is 105 Å². The van der Waals surface area contributed by atoms with Gasteiger partial charge in [0.2, 0.25) is 0 Å². The first-order chi connectivity index (χ1) is 8.69. The lowest BCUT2D eigenvalue weighted by Gasteiger charge is -2.15. The molecule has 0 aliphatic carbocycles. The topological polar surface area (TPSA) is 92.6 Å². The van der Waals surface area contributed by atoms with Gasteiger partial charge in [0.1, 0.15) is 11.9 Å². The number of rotatable bonds is 4. The lowest BCUT2D eigenvalue weighted by atomic mass is 10.2. The molecule has 6 nitrogen and oxygen atoms in total. The zero-order valence-electron chi connectivity index (χ0n) is 10.0. The smallest absolute Gasteiger partial charge is 0.144 e. The summed E-state index contributed by atoms with van der Waals surface area (Å²) in [4.78, 5) is 4.13. The maximum absolute atomic E-state index is 9.01. The van der Waals surface area contributed by atoms with Crippen LogP contribution in [0.2, 0.25) is 0 Å². The summed E-state index contributed by atoms with van der Waals surface area (Å²) in [6, 6.07) is 5.65. The molecule has 0 fully saturated rings. The molecule has 2 aromatic rings. The maximum atomic E-state index is 9.01. The number of hydrogen-bond donors (Lipinski definition) is 2. The van der Waals surface area contributed by atoms with Gasteiger partial charge in [0.25, 0.3) is 0 Å². The molecule has 0 bridgehead atoms. The van der Waals surface area contributed by atoms with Crippen LogP contribution in [0.15, 0.2) is 30.7 Å². The molecule has 2 rings (SSSR count). The van der Waals surface area contributed by atoms with Gasteiger partial charge in [-0.3, -0.25) is 4.68 Å². The van der Waals surface area contributed by atoms with Crippen molar-refractivity contribution in [3.8, 4) is 6.07 Å². The highest BCUT2D eigenvalue weighted by Gasteiger charge is 2.08. The highest BCUT2D eigenvalue weighted by molar-refractivity contribution is 5.57. The van der Waals surface area contributed by atoms with Gasteiger partial charge < -0.3 is 11.1 Å². The Hall–Kier alpha value is -2.55. The van der Waals surface area contributed by atoms with Crippen molar-refractivity contribution in [1.82, 2.24) is 14.8 Å². The zero-order valence-corrected chi connectivity index (χ0v) is 10.0. The molecule has 0 saturated heterocycles. The molecule has 0 amide bonds. The molecule has 6 heteroatoms. The van der Waals surface area contributed by atoms with E-state index in [2.05, 4.69) is 21.5 Å². The van der Waals surface area contributed by atoms with Crippen LogP contribution in [0.5, 0.6) is 0 Å². The molecule has 3 N–H and O–H groups in total. The van der Waals surface area contributed by atoms with Gasteiger partial charge in [0, 0.05) is 18.4 Å². The fraction of sp³-hybridized carbons (Fsp3) is 0.250. The molecule has 0 aliphatic rings. The third-order valence-corrected chi connectivity index (χ3v) is 2.43. The number of pyridine rings is 1. The van der Waals surface area contributed by atoms with E-state index >= 15 is 0 Å². The number of hydrogen-bond acceptors (Lipinski definition) is 5. The third kappa shape index (κ3) is 2.77. The Morgan fingerprint density at radius 2 is 2.44 bits per heavy atom. The summed E-state index contributed by atoms with van der Waals surface area (Å²) in [5, 5.41) is 16.3. The van der Waals surface area contributed by atoms with E-state index in [1.54, 1.807) is 12.3 Å². The quantitative estimate of drug-likeness (QED) is 0.841. The number of nitriles is 1. The van der Waals surface area contributed by atoms with Gasteiger partial charge in [-0.05, 0) is 19.1 Å². The lowest BCUT2D eigenvalue weighted by molar-refractivity contribution is 0.559. The van der Waals surface area contributed by atoms with E-state index in [1.165, 1.54) is 6.20 Å². The molecular formula is C12H14N6. The van der Waals surface area contributed by atoms with Crippen LogP contribution < -0.4 is 11.1 Å². The Morgan fingerprint density at radius 1 is 1.61 bits per heavy atom. The van der Waals surface area contributed by atoms with Crippen LogP contribution in [-0.2, 0) is 6.54 Å². The molecule has 0 aliphatic heterocycles. The van der Waals surface area contributed by atoms with E-state index in [4.69, 9.17) is 11.0 Å². The van der Waals surface area contributed by atoms with Crippen molar-refractivity contribution in [2.24, 2.45) is 0 Å². The number of nitrogens with two attached hydrogens (primary N) is 1. The van der Waals surface area contributed by atoms with Gasteiger partial charge in [0.05, 0.1) is 24.0 Å². The number of nitrogen functional groups attached to an aromatic ring is 1. The summed E-state index contributed by atoms with van der Waals surface area (Å²) >= 11 is 0. The van der Waals surface area contributed by atoms with Crippen molar-refractivity contribution in [3.05, 3.63) is 36.3 Å². The van der Waals surface area contributed by atoms with Gasteiger partial charge in [-0.15, -0.1) is 0 Å². The number of aromatic nitrogens is 3. The van der Waals surface area contributed by atoms with E-state index in [1.807, 2.05) is 23.9 Å². The SMILES string of the molecule is CC(Cn1cccn1)Nc1ncc(N)cc1C#N. The van der Waals surface area contributed by atoms with E-state index in [0.29, 0.717) is 23.6 Å². The summed E-state index contributed by atoms with van der Waals surface area (Å²) in [7, 11) is 0.